The Morgan fingerprint density at radius 2 is 1.74 bits per heavy atom. The lowest BCUT2D eigenvalue weighted by Crippen LogP contribution is -2.09. The third kappa shape index (κ3) is 6.70. The van der Waals surface area contributed by atoms with Crippen LogP contribution < -0.4 is 9.50 Å². The molecule has 0 saturated heterocycles. The number of aromatic nitrogens is 4. The van der Waals surface area contributed by atoms with Crippen LogP contribution in [-0.2, 0) is 10.1 Å². The number of aryl methyl sites for hydroxylation is 1. The van der Waals surface area contributed by atoms with Gasteiger partial charge in [-0.15, -0.1) is 0 Å². The second-order valence-electron chi connectivity index (χ2n) is 8.23. The van der Waals surface area contributed by atoms with Crippen molar-refractivity contribution in [2.75, 3.05) is 11.1 Å². The van der Waals surface area contributed by atoms with Gasteiger partial charge in [-0.25, -0.2) is 19.9 Å². The van der Waals surface area contributed by atoms with Gasteiger partial charge in [0.15, 0.2) is 10.8 Å². The number of hydrogen-bond donors (Lipinski definition) is 1. The summed E-state index contributed by atoms with van der Waals surface area (Å²) in [6, 6.07) is 19.3. The Morgan fingerprint density at radius 3 is 2.49 bits per heavy atom. The zero-order chi connectivity index (χ0) is 27.4. The first-order valence-corrected chi connectivity index (χ1v) is 15.8. The summed E-state index contributed by atoms with van der Waals surface area (Å²) in [6.45, 7) is 4.07. The van der Waals surface area contributed by atoms with E-state index in [1.54, 1.807) is 42.2 Å². The average Bonchev–Trinajstić information content (AvgIpc) is 2.91. The van der Waals surface area contributed by atoms with Crippen molar-refractivity contribution in [2.45, 2.75) is 33.7 Å². The highest BCUT2D eigenvalue weighted by Gasteiger charge is 2.17. The minimum atomic E-state index is -3.93. The number of hydrogen-bond acceptors (Lipinski definition) is 10. The van der Waals surface area contributed by atoms with Gasteiger partial charge in [-0.3, -0.25) is 0 Å². The van der Waals surface area contributed by atoms with Gasteiger partial charge in [0.1, 0.15) is 22.8 Å². The molecule has 0 bridgehead atoms. The first-order chi connectivity index (χ1) is 18.8. The Morgan fingerprint density at radius 1 is 0.974 bits per heavy atom. The van der Waals surface area contributed by atoms with Crippen molar-refractivity contribution in [1.82, 2.24) is 19.9 Å². The summed E-state index contributed by atoms with van der Waals surface area (Å²) < 4.78 is 31.3. The Hall–Kier alpha value is -3.19. The maximum atomic E-state index is 12.6. The SMILES string of the molecule is CCSc1ncc2c(Nc3cc(C)ccc3Sc3ccc(OS(=O)(=O)c4ccc(Br)cc4)cc3)ncnc2n1. The second-order valence-corrected chi connectivity index (χ2v) is 13.0. The molecule has 0 saturated carbocycles. The number of fused-ring (bicyclic) bond motifs is 1. The third-order valence-corrected chi connectivity index (χ3v) is 9.01. The van der Waals surface area contributed by atoms with Crippen LogP contribution in [0.15, 0.2) is 104 Å². The fourth-order valence-electron chi connectivity index (χ4n) is 3.56. The summed E-state index contributed by atoms with van der Waals surface area (Å²) in [5, 5.41) is 4.83. The molecule has 2 aromatic heterocycles. The maximum Gasteiger partial charge on any atom is 0.339 e. The van der Waals surface area contributed by atoms with Gasteiger partial charge >= 0.3 is 10.1 Å². The first kappa shape index (κ1) is 27.4. The van der Waals surface area contributed by atoms with Crippen LogP contribution in [0.4, 0.5) is 11.5 Å². The summed E-state index contributed by atoms with van der Waals surface area (Å²) in [5.41, 5.74) is 2.53. The van der Waals surface area contributed by atoms with Crippen LogP contribution >= 0.6 is 39.5 Å². The van der Waals surface area contributed by atoms with E-state index in [1.165, 1.54) is 30.2 Å². The molecule has 0 aliphatic carbocycles. The Bertz CT molecular complexity index is 1740. The van der Waals surface area contributed by atoms with Crippen molar-refractivity contribution in [1.29, 1.82) is 0 Å². The van der Waals surface area contributed by atoms with Crippen molar-refractivity contribution < 1.29 is 12.6 Å². The molecule has 0 radical (unpaired) electrons. The molecule has 0 aliphatic rings. The number of nitrogens with one attached hydrogen (secondary N) is 1. The quantitative estimate of drug-likeness (QED) is 0.100. The molecule has 0 fully saturated rings. The summed E-state index contributed by atoms with van der Waals surface area (Å²) >= 11 is 6.39. The van der Waals surface area contributed by atoms with E-state index in [0.717, 1.165) is 36.7 Å². The number of halogens is 1. The topological polar surface area (TPSA) is 107 Å². The monoisotopic (exact) mass is 639 g/mol. The van der Waals surface area contributed by atoms with Gasteiger partial charge < -0.3 is 9.50 Å². The van der Waals surface area contributed by atoms with E-state index in [4.69, 9.17) is 4.18 Å². The van der Waals surface area contributed by atoms with Gasteiger partial charge in [-0.2, -0.15) is 8.42 Å². The summed E-state index contributed by atoms with van der Waals surface area (Å²) in [4.78, 5) is 19.7. The lowest BCUT2D eigenvalue weighted by atomic mass is 10.2. The van der Waals surface area contributed by atoms with E-state index >= 15 is 0 Å². The minimum absolute atomic E-state index is 0.0857. The van der Waals surface area contributed by atoms with Crippen LogP contribution in [0, 0.1) is 6.92 Å². The number of rotatable bonds is 9. The molecule has 198 valence electrons. The second kappa shape index (κ2) is 11.9. The molecule has 5 rings (SSSR count). The van der Waals surface area contributed by atoms with Crippen LogP contribution in [0.2, 0.25) is 0 Å². The molecule has 0 unspecified atom stereocenters. The smallest absolute Gasteiger partial charge is 0.339 e. The van der Waals surface area contributed by atoms with Crippen LogP contribution in [0.3, 0.4) is 0 Å². The van der Waals surface area contributed by atoms with Crippen molar-refractivity contribution in [2.24, 2.45) is 0 Å². The van der Waals surface area contributed by atoms with E-state index in [2.05, 4.69) is 48.1 Å². The van der Waals surface area contributed by atoms with E-state index in [-0.39, 0.29) is 10.6 Å². The summed E-state index contributed by atoms with van der Waals surface area (Å²) in [7, 11) is -3.93. The molecule has 5 aromatic rings. The molecule has 0 amide bonds. The van der Waals surface area contributed by atoms with Crippen LogP contribution in [0.5, 0.6) is 5.75 Å². The highest BCUT2D eigenvalue weighted by Crippen LogP contribution is 2.37. The van der Waals surface area contributed by atoms with Crippen LogP contribution in [0.25, 0.3) is 11.0 Å². The molecular formula is C27H22BrN5O3S3. The van der Waals surface area contributed by atoms with Gasteiger partial charge in [0.2, 0.25) is 0 Å². The first-order valence-electron chi connectivity index (χ1n) is 11.8. The lowest BCUT2D eigenvalue weighted by molar-refractivity contribution is 0.486. The van der Waals surface area contributed by atoms with Crippen molar-refractivity contribution in [3.8, 4) is 5.75 Å². The van der Waals surface area contributed by atoms with E-state index in [1.807, 2.05) is 37.3 Å². The zero-order valence-electron chi connectivity index (χ0n) is 20.8. The fourth-order valence-corrected chi connectivity index (χ4v) is 6.17. The number of nitrogens with zero attached hydrogens (tertiary/aromatic N) is 4. The molecule has 8 nitrogen and oxygen atoms in total. The zero-order valence-corrected chi connectivity index (χ0v) is 24.9. The molecule has 2 heterocycles. The number of thioether (sulfide) groups is 1. The largest absolute Gasteiger partial charge is 0.379 e. The lowest BCUT2D eigenvalue weighted by Gasteiger charge is -2.14. The Balaban J connectivity index is 1.36. The molecule has 0 aliphatic heterocycles. The van der Waals surface area contributed by atoms with E-state index in [9.17, 15) is 8.42 Å². The molecule has 0 atom stereocenters. The third-order valence-electron chi connectivity index (χ3n) is 5.39. The highest BCUT2D eigenvalue weighted by atomic mass is 79.9. The minimum Gasteiger partial charge on any atom is -0.379 e. The predicted octanol–water partition coefficient (Wildman–Crippen LogP) is 7.27. The summed E-state index contributed by atoms with van der Waals surface area (Å²) in [6.07, 6.45) is 3.23. The van der Waals surface area contributed by atoms with Gasteiger partial charge in [-0.1, -0.05) is 52.4 Å². The van der Waals surface area contributed by atoms with Crippen LogP contribution in [0.1, 0.15) is 12.5 Å². The van der Waals surface area contributed by atoms with Gasteiger partial charge in [-0.05, 0) is 78.9 Å². The molecule has 0 spiro atoms. The molecule has 12 heteroatoms. The van der Waals surface area contributed by atoms with Gasteiger partial charge in [0.05, 0.1) is 11.1 Å². The number of anilines is 2. The Labute approximate surface area is 243 Å². The van der Waals surface area contributed by atoms with Crippen molar-refractivity contribution in [3.63, 3.8) is 0 Å². The number of benzene rings is 3. The highest BCUT2D eigenvalue weighted by molar-refractivity contribution is 9.10. The van der Waals surface area contributed by atoms with Gasteiger partial charge in [0, 0.05) is 20.5 Å². The predicted molar refractivity (Wildman–Crippen MR) is 159 cm³/mol. The molecule has 1 N–H and O–H groups in total. The van der Waals surface area contributed by atoms with Gasteiger partial charge in [0.25, 0.3) is 0 Å². The maximum absolute atomic E-state index is 12.6. The molecule has 3 aromatic carbocycles. The van der Waals surface area contributed by atoms with Crippen molar-refractivity contribution in [3.05, 3.63) is 89.3 Å². The van der Waals surface area contributed by atoms with E-state index < -0.39 is 10.1 Å². The average molecular weight is 641 g/mol. The van der Waals surface area contributed by atoms with E-state index in [0.29, 0.717) is 16.6 Å². The fraction of sp³-hybridized carbons (Fsp3) is 0.111. The van der Waals surface area contributed by atoms with Crippen LogP contribution in [-0.4, -0.2) is 34.1 Å². The Kier molecular flexibility index (Phi) is 8.36. The van der Waals surface area contributed by atoms with Crippen molar-refractivity contribution >= 4 is 72.1 Å². The molecular weight excluding hydrogens is 618 g/mol. The standard InChI is InChI=1S/C27H22BrN5O3S3/c1-3-37-27-29-15-22-25(30-16-31-26(22)33-27)32-23-14-17(2)4-13-24(23)38-20-9-7-19(8-10-20)36-39(34,35)21-11-5-18(28)6-12-21/h4-16H,3H2,1-2H3,(H,29,30,31,32,33). The normalized spacial score (nSPS) is 11.5. The molecule has 39 heavy (non-hydrogen) atoms. The summed E-state index contributed by atoms with van der Waals surface area (Å²) in [5.74, 6) is 1.72.